The van der Waals surface area contributed by atoms with Crippen LogP contribution < -0.4 is 0 Å². The maximum Gasteiger partial charge on any atom is 0.262 e. The van der Waals surface area contributed by atoms with Gasteiger partial charge in [-0.25, -0.2) is 0 Å². The molecule has 0 aromatic heterocycles. The molecule has 192 valence electrons. The van der Waals surface area contributed by atoms with Crippen molar-refractivity contribution in [1.29, 1.82) is 0 Å². The minimum absolute atomic E-state index is 0.362. The van der Waals surface area contributed by atoms with Crippen molar-refractivity contribution in [2.75, 3.05) is 0 Å². The Balaban J connectivity index is 0. The van der Waals surface area contributed by atoms with Gasteiger partial charge in [-0.1, -0.05) is 189 Å². The zero-order valence-electron chi connectivity index (χ0n) is 24.6. The Labute approximate surface area is 216 Å². The summed E-state index contributed by atoms with van der Waals surface area (Å²) in [5.74, 6) is 2.78. The highest BCUT2D eigenvalue weighted by atomic mass is 27.2. The zero-order valence-corrected chi connectivity index (χ0v) is 26.9. The highest BCUT2D eigenvalue weighted by Gasteiger charge is 2.20. The molecule has 0 saturated heterocycles. The van der Waals surface area contributed by atoms with Crippen molar-refractivity contribution >= 4 is 28.3 Å². The van der Waals surface area contributed by atoms with Crippen LogP contribution in [0.25, 0.3) is 0 Å². The molecule has 0 atom stereocenters. The van der Waals surface area contributed by atoms with Gasteiger partial charge in [0.05, 0.1) is 0 Å². The van der Waals surface area contributed by atoms with E-state index in [0.717, 1.165) is 17.8 Å². The van der Waals surface area contributed by atoms with E-state index in [9.17, 15) is 0 Å². The van der Waals surface area contributed by atoms with Gasteiger partial charge in [0.1, 0.15) is 0 Å². The molecule has 0 aromatic rings. The highest BCUT2D eigenvalue weighted by Crippen LogP contribution is 2.21. The Morgan fingerprint density at radius 2 is 0.656 bits per heavy atom. The standard InChI is InChI=1S/3C6H13.3C4H9.2Al/c3*1-3-5-6-4-2;3*1-4(2)3;;/h3*1,3-6H2,2H3;3*4H,1H2,2-3H3;;. The van der Waals surface area contributed by atoms with E-state index in [4.69, 9.17) is 0 Å². The van der Waals surface area contributed by atoms with Crippen LogP contribution in [-0.2, 0) is 0 Å². The van der Waals surface area contributed by atoms with Gasteiger partial charge >= 0.3 is 0 Å². The molecule has 0 rings (SSSR count). The first-order valence-corrected chi connectivity index (χ1v) is 20.2. The normalized spacial score (nSPS) is 11.2. The summed E-state index contributed by atoms with van der Waals surface area (Å²) in [7, 11) is 0. The Morgan fingerprint density at radius 1 is 0.375 bits per heavy atom. The first-order valence-electron chi connectivity index (χ1n) is 15.3. The van der Waals surface area contributed by atoms with Crippen molar-refractivity contribution in [3.63, 3.8) is 0 Å². The third-order valence-corrected chi connectivity index (χ3v) is 15.3. The van der Waals surface area contributed by atoms with Gasteiger partial charge in [-0.15, -0.1) is 0 Å². The van der Waals surface area contributed by atoms with Crippen LogP contribution in [0.1, 0.15) is 139 Å². The lowest BCUT2D eigenvalue weighted by molar-refractivity contribution is 0.659. The van der Waals surface area contributed by atoms with Crippen LogP contribution in [-0.4, -0.2) is 28.3 Å². The van der Waals surface area contributed by atoms with Crippen molar-refractivity contribution in [2.45, 2.75) is 171 Å². The van der Waals surface area contributed by atoms with E-state index >= 15 is 0 Å². The second-order valence-electron chi connectivity index (χ2n) is 12.2. The van der Waals surface area contributed by atoms with Crippen molar-refractivity contribution in [3.8, 4) is 0 Å². The third-order valence-electron chi connectivity index (χ3n) is 6.81. The molecule has 0 bridgehead atoms. The molecule has 0 heterocycles. The maximum absolute atomic E-state index is 2.38. The SMILES string of the molecule is CC(C)[CH2][Al]([CH2]C(C)C)[CH2]C(C)C.CCCCC[CH2][Al]([CH2]CCCCC)[CH2]CCCCC. The van der Waals surface area contributed by atoms with E-state index in [1.165, 1.54) is 57.8 Å². The average molecular weight is 481 g/mol. The minimum atomic E-state index is -0.407. The quantitative estimate of drug-likeness (QED) is 0.113. The largest absolute Gasteiger partial charge is 0.262 e. The summed E-state index contributed by atoms with van der Waals surface area (Å²) in [4.78, 5) is 0. The van der Waals surface area contributed by atoms with Crippen LogP contribution in [0.2, 0.25) is 31.7 Å². The van der Waals surface area contributed by atoms with Gasteiger partial charge in [0, 0.05) is 0 Å². The summed E-state index contributed by atoms with van der Waals surface area (Å²) >= 11 is -0.769. The molecular weight excluding hydrogens is 414 g/mol. The molecule has 0 spiro atoms. The molecule has 32 heavy (non-hydrogen) atoms. The van der Waals surface area contributed by atoms with Gasteiger partial charge < -0.3 is 0 Å². The predicted octanol–water partition coefficient (Wildman–Crippen LogP) is 11.7. The fourth-order valence-electron chi connectivity index (χ4n) is 5.30. The zero-order chi connectivity index (χ0) is 24.6. The van der Waals surface area contributed by atoms with E-state index < -0.39 is 14.1 Å². The van der Waals surface area contributed by atoms with Crippen molar-refractivity contribution < 1.29 is 0 Å². The molecule has 0 aliphatic carbocycles. The van der Waals surface area contributed by atoms with E-state index in [-0.39, 0.29) is 14.1 Å². The molecule has 0 saturated carbocycles. The summed E-state index contributed by atoms with van der Waals surface area (Å²) in [6.45, 7) is 21.2. The molecule has 0 aromatic carbocycles. The number of unbranched alkanes of at least 4 members (excludes halogenated alkanes) is 9. The first-order chi connectivity index (χ1) is 15.3. The summed E-state index contributed by atoms with van der Waals surface area (Å²) < 4.78 is 0. The fourth-order valence-corrected chi connectivity index (χ4v) is 13.3. The highest BCUT2D eigenvalue weighted by molar-refractivity contribution is 6.59. The van der Waals surface area contributed by atoms with Gasteiger partial charge in [-0.05, 0) is 0 Å². The molecular formula is C30H66Al2. The summed E-state index contributed by atoms with van der Waals surface area (Å²) in [5, 5.41) is 9.61. The lowest BCUT2D eigenvalue weighted by Crippen LogP contribution is -2.19. The van der Waals surface area contributed by atoms with E-state index in [2.05, 4.69) is 62.3 Å². The second-order valence-corrected chi connectivity index (χ2v) is 18.8. The number of hydrogen-bond acceptors (Lipinski definition) is 0. The van der Waals surface area contributed by atoms with Crippen LogP contribution in [0.3, 0.4) is 0 Å². The Hall–Kier alpha value is 1.06. The summed E-state index contributed by atoms with van der Waals surface area (Å²) in [5.41, 5.74) is 0. The Morgan fingerprint density at radius 3 is 0.875 bits per heavy atom. The predicted molar refractivity (Wildman–Crippen MR) is 157 cm³/mol. The first kappa shape index (κ1) is 35.2. The molecule has 0 N–H and O–H groups in total. The molecule has 0 amide bonds. The second kappa shape index (κ2) is 26.7. The average Bonchev–Trinajstić information content (AvgIpc) is 2.70. The van der Waals surface area contributed by atoms with E-state index in [1.54, 1.807) is 51.0 Å². The molecule has 0 aliphatic heterocycles. The van der Waals surface area contributed by atoms with Crippen LogP contribution in [0.4, 0.5) is 0 Å². The lowest BCUT2D eigenvalue weighted by Gasteiger charge is -2.17. The van der Waals surface area contributed by atoms with Crippen LogP contribution in [0, 0.1) is 17.8 Å². The number of hydrogen-bond donors (Lipinski definition) is 0. The molecule has 0 fully saturated rings. The molecule has 0 unspecified atom stereocenters. The van der Waals surface area contributed by atoms with Crippen LogP contribution >= 0.6 is 0 Å². The van der Waals surface area contributed by atoms with Gasteiger partial charge in [0.2, 0.25) is 0 Å². The van der Waals surface area contributed by atoms with Crippen molar-refractivity contribution in [2.24, 2.45) is 17.8 Å². The maximum atomic E-state index is 2.38. The van der Waals surface area contributed by atoms with Gasteiger partial charge in [0.25, 0.3) is 28.3 Å². The third kappa shape index (κ3) is 29.1. The van der Waals surface area contributed by atoms with Gasteiger partial charge in [-0.2, -0.15) is 0 Å². The fraction of sp³-hybridized carbons (Fsp3) is 1.00. The van der Waals surface area contributed by atoms with Gasteiger partial charge in [0.15, 0.2) is 0 Å². The summed E-state index contributed by atoms with van der Waals surface area (Å²) in [6.07, 6.45) is 17.7. The minimum Gasteiger partial charge on any atom is -0.0939 e. The van der Waals surface area contributed by atoms with Crippen LogP contribution in [0.5, 0.6) is 0 Å². The summed E-state index contributed by atoms with van der Waals surface area (Å²) in [6, 6.07) is 0. The molecule has 0 nitrogen and oxygen atoms in total. The van der Waals surface area contributed by atoms with Crippen LogP contribution in [0.15, 0.2) is 0 Å². The number of rotatable bonds is 21. The Bertz CT molecular complexity index is 285. The van der Waals surface area contributed by atoms with Crippen molar-refractivity contribution in [1.82, 2.24) is 0 Å². The van der Waals surface area contributed by atoms with Gasteiger partial charge in [-0.3, -0.25) is 0 Å². The Kier molecular flexibility index (Phi) is 29.4. The topological polar surface area (TPSA) is 0 Å². The lowest BCUT2D eigenvalue weighted by atomic mass is 10.2. The van der Waals surface area contributed by atoms with E-state index in [1.807, 2.05) is 0 Å². The molecule has 0 radical (unpaired) electrons. The molecule has 0 aliphatic rings. The van der Waals surface area contributed by atoms with E-state index in [0.29, 0.717) is 0 Å². The monoisotopic (exact) mass is 480 g/mol. The smallest absolute Gasteiger partial charge is 0.0939 e. The van der Waals surface area contributed by atoms with Crippen molar-refractivity contribution in [3.05, 3.63) is 0 Å². The molecule has 2 heteroatoms.